The quantitative estimate of drug-likeness (QED) is 0.620. The molecule has 0 saturated heterocycles. The van der Waals surface area contributed by atoms with Crippen molar-refractivity contribution in [3.63, 3.8) is 0 Å². The first-order valence-electron chi connectivity index (χ1n) is 4.18. The van der Waals surface area contributed by atoms with Gasteiger partial charge in [-0.2, -0.15) is 10.2 Å². The van der Waals surface area contributed by atoms with Crippen molar-refractivity contribution in [3.05, 3.63) is 29.5 Å². The molecule has 0 aliphatic heterocycles. The Labute approximate surface area is 79.6 Å². The summed E-state index contributed by atoms with van der Waals surface area (Å²) in [5.74, 6) is 0. The highest BCUT2D eigenvalue weighted by molar-refractivity contribution is 4.65. The maximum atomic E-state index is 11.3. The zero-order valence-electron chi connectivity index (χ0n) is 7.74. The molecule has 2 heterocycles. The van der Waals surface area contributed by atoms with Crippen LogP contribution in [0.4, 0.5) is 0 Å². The molecule has 2 rings (SSSR count). The maximum absolute atomic E-state index is 11.3. The molecule has 0 fully saturated rings. The van der Waals surface area contributed by atoms with Gasteiger partial charge < -0.3 is 0 Å². The van der Waals surface area contributed by atoms with Crippen molar-refractivity contribution in [1.82, 2.24) is 29.1 Å². The topological polar surface area (TPSA) is 70.5 Å². The second kappa shape index (κ2) is 3.44. The van der Waals surface area contributed by atoms with Gasteiger partial charge in [-0.05, 0) is 0 Å². The van der Waals surface area contributed by atoms with E-state index in [2.05, 4.69) is 15.2 Å². The smallest absolute Gasteiger partial charge is 0.285 e. The normalized spacial score (nSPS) is 10.6. The zero-order chi connectivity index (χ0) is 9.97. The van der Waals surface area contributed by atoms with Crippen molar-refractivity contribution < 1.29 is 0 Å². The first kappa shape index (κ1) is 8.67. The average Bonchev–Trinajstić information content (AvgIpc) is 2.77. The lowest BCUT2D eigenvalue weighted by molar-refractivity contribution is 0.485. The number of aromatic nitrogens is 6. The second-order valence-electron chi connectivity index (χ2n) is 2.91. The standard InChI is InChI=1S/C7H10N6O/c1-11-6-10-13(7(11)14)3-2-12-5-8-4-9-12/h4-6H,2-3H2,1H3. The van der Waals surface area contributed by atoms with Crippen LogP contribution in [0.5, 0.6) is 0 Å². The Hall–Kier alpha value is -1.92. The van der Waals surface area contributed by atoms with Crippen molar-refractivity contribution in [2.75, 3.05) is 0 Å². The van der Waals surface area contributed by atoms with Crippen LogP contribution >= 0.6 is 0 Å². The van der Waals surface area contributed by atoms with Crippen LogP contribution in [0.15, 0.2) is 23.8 Å². The van der Waals surface area contributed by atoms with E-state index in [1.165, 1.54) is 21.9 Å². The summed E-state index contributed by atoms with van der Waals surface area (Å²) >= 11 is 0. The highest BCUT2D eigenvalue weighted by Gasteiger charge is 2.00. The molecule has 0 radical (unpaired) electrons. The second-order valence-corrected chi connectivity index (χ2v) is 2.91. The molecular formula is C7H10N6O. The average molecular weight is 194 g/mol. The third kappa shape index (κ3) is 1.56. The first-order valence-corrected chi connectivity index (χ1v) is 4.18. The summed E-state index contributed by atoms with van der Waals surface area (Å²) in [6.07, 6.45) is 4.55. The zero-order valence-corrected chi connectivity index (χ0v) is 7.74. The molecule has 74 valence electrons. The summed E-state index contributed by atoms with van der Waals surface area (Å²) < 4.78 is 4.48. The van der Waals surface area contributed by atoms with E-state index >= 15 is 0 Å². The molecule has 0 aromatic carbocycles. The highest BCUT2D eigenvalue weighted by Crippen LogP contribution is 1.83. The van der Waals surface area contributed by atoms with E-state index in [4.69, 9.17) is 0 Å². The Morgan fingerprint density at radius 3 is 2.71 bits per heavy atom. The van der Waals surface area contributed by atoms with Gasteiger partial charge in [-0.15, -0.1) is 0 Å². The lowest BCUT2D eigenvalue weighted by Crippen LogP contribution is -2.24. The van der Waals surface area contributed by atoms with Gasteiger partial charge in [-0.25, -0.2) is 14.5 Å². The monoisotopic (exact) mass is 194 g/mol. The predicted molar refractivity (Wildman–Crippen MR) is 47.5 cm³/mol. The fraction of sp³-hybridized carbons (Fsp3) is 0.429. The Balaban J connectivity index is 2.06. The highest BCUT2D eigenvalue weighted by atomic mass is 16.2. The van der Waals surface area contributed by atoms with E-state index in [1.807, 2.05) is 0 Å². The van der Waals surface area contributed by atoms with Crippen LogP contribution in [0, 0.1) is 0 Å². The fourth-order valence-electron chi connectivity index (χ4n) is 1.12. The van der Waals surface area contributed by atoms with E-state index in [-0.39, 0.29) is 5.69 Å². The Bertz CT molecular complexity index is 453. The largest absolute Gasteiger partial charge is 0.345 e. The van der Waals surface area contributed by atoms with Crippen LogP contribution < -0.4 is 5.69 Å². The molecule has 0 unspecified atom stereocenters. The molecule has 0 aliphatic rings. The van der Waals surface area contributed by atoms with Gasteiger partial charge in [0.1, 0.15) is 19.0 Å². The summed E-state index contributed by atoms with van der Waals surface area (Å²) in [5.41, 5.74) is -0.120. The van der Waals surface area contributed by atoms with E-state index < -0.39 is 0 Å². The minimum atomic E-state index is -0.120. The van der Waals surface area contributed by atoms with Crippen LogP contribution in [-0.4, -0.2) is 29.1 Å². The molecule has 0 saturated carbocycles. The number of nitrogens with zero attached hydrogens (tertiary/aromatic N) is 6. The van der Waals surface area contributed by atoms with Crippen molar-refractivity contribution in [2.24, 2.45) is 7.05 Å². The molecule has 0 N–H and O–H groups in total. The Morgan fingerprint density at radius 1 is 1.29 bits per heavy atom. The fourth-order valence-corrected chi connectivity index (χ4v) is 1.12. The third-order valence-electron chi connectivity index (χ3n) is 1.89. The van der Waals surface area contributed by atoms with Gasteiger partial charge in [-0.3, -0.25) is 9.25 Å². The molecule has 7 nitrogen and oxygen atoms in total. The number of rotatable bonds is 3. The van der Waals surface area contributed by atoms with Gasteiger partial charge in [0.15, 0.2) is 0 Å². The van der Waals surface area contributed by atoms with E-state index in [1.54, 1.807) is 18.1 Å². The Kier molecular flexibility index (Phi) is 2.13. The van der Waals surface area contributed by atoms with Gasteiger partial charge in [0.25, 0.3) is 0 Å². The van der Waals surface area contributed by atoms with Crippen LogP contribution in [0.25, 0.3) is 0 Å². The van der Waals surface area contributed by atoms with Crippen LogP contribution in [0.3, 0.4) is 0 Å². The van der Waals surface area contributed by atoms with Gasteiger partial charge in [0.05, 0.1) is 13.1 Å². The summed E-state index contributed by atoms with van der Waals surface area (Å²) in [7, 11) is 1.67. The molecule has 0 amide bonds. The Morgan fingerprint density at radius 2 is 2.14 bits per heavy atom. The first-order chi connectivity index (χ1) is 6.77. The number of hydrogen-bond acceptors (Lipinski definition) is 4. The summed E-state index contributed by atoms with van der Waals surface area (Å²) in [5, 5.41) is 7.84. The summed E-state index contributed by atoms with van der Waals surface area (Å²) in [6, 6.07) is 0. The van der Waals surface area contributed by atoms with Crippen molar-refractivity contribution in [3.8, 4) is 0 Å². The predicted octanol–water partition coefficient (Wildman–Crippen LogP) is -1.13. The van der Waals surface area contributed by atoms with Crippen molar-refractivity contribution >= 4 is 0 Å². The van der Waals surface area contributed by atoms with E-state index in [0.717, 1.165) is 0 Å². The van der Waals surface area contributed by atoms with Crippen LogP contribution in [-0.2, 0) is 20.1 Å². The molecule has 0 spiro atoms. The van der Waals surface area contributed by atoms with E-state index in [9.17, 15) is 4.79 Å². The van der Waals surface area contributed by atoms with Gasteiger partial charge in [-0.1, -0.05) is 0 Å². The molecule has 2 aromatic rings. The van der Waals surface area contributed by atoms with Gasteiger partial charge in [0, 0.05) is 7.05 Å². The molecular weight excluding hydrogens is 184 g/mol. The van der Waals surface area contributed by atoms with Crippen LogP contribution in [0.2, 0.25) is 0 Å². The SMILES string of the molecule is Cn1cnn(CCn2cncn2)c1=O. The van der Waals surface area contributed by atoms with Gasteiger partial charge >= 0.3 is 5.69 Å². The molecule has 2 aromatic heterocycles. The third-order valence-corrected chi connectivity index (χ3v) is 1.89. The van der Waals surface area contributed by atoms with Crippen molar-refractivity contribution in [2.45, 2.75) is 13.1 Å². The van der Waals surface area contributed by atoms with Crippen LogP contribution in [0.1, 0.15) is 0 Å². The maximum Gasteiger partial charge on any atom is 0.345 e. The van der Waals surface area contributed by atoms with Crippen molar-refractivity contribution in [1.29, 1.82) is 0 Å². The molecule has 0 atom stereocenters. The molecule has 0 aliphatic carbocycles. The summed E-state index contributed by atoms with van der Waals surface area (Å²) in [6.45, 7) is 1.10. The summed E-state index contributed by atoms with van der Waals surface area (Å²) in [4.78, 5) is 15.1. The molecule has 7 heteroatoms. The number of aryl methyl sites for hydroxylation is 3. The molecule has 14 heavy (non-hydrogen) atoms. The molecule has 0 bridgehead atoms. The van der Waals surface area contributed by atoms with E-state index in [0.29, 0.717) is 13.1 Å². The minimum Gasteiger partial charge on any atom is -0.285 e. The number of hydrogen-bond donors (Lipinski definition) is 0. The van der Waals surface area contributed by atoms with Gasteiger partial charge in [0.2, 0.25) is 0 Å². The lowest BCUT2D eigenvalue weighted by atomic mass is 10.6. The minimum absolute atomic E-state index is 0.120. The lowest BCUT2D eigenvalue weighted by Gasteiger charge is -1.98.